The third-order valence-corrected chi connectivity index (χ3v) is 5.00. The highest BCUT2D eigenvalue weighted by Gasteiger charge is 2.11. The van der Waals surface area contributed by atoms with E-state index in [1.165, 1.54) is 23.5 Å². The van der Waals surface area contributed by atoms with Crippen LogP contribution in [0.15, 0.2) is 53.9 Å². The smallest absolute Gasteiger partial charge is 0.258 e. The second-order valence-corrected chi connectivity index (χ2v) is 7.17. The molecule has 3 rings (SSSR count). The Bertz CT molecular complexity index is 986. The molecular formula is C18H10IN3O2S. The summed E-state index contributed by atoms with van der Waals surface area (Å²) in [5.74, 6) is 0. The van der Waals surface area contributed by atoms with Crippen molar-refractivity contribution in [3.63, 3.8) is 0 Å². The number of nitro benzene ring substituents is 1. The van der Waals surface area contributed by atoms with E-state index in [0.717, 1.165) is 14.7 Å². The van der Waals surface area contributed by atoms with E-state index in [1.807, 2.05) is 29.6 Å². The first-order valence-corrected chi connectivity index (χ1v) is 9.11. The van der Waals surface area contributed by atoms with Gasteiger partial charge in [-0.05, 0) is 58.5 Å². The van der Waals surface area contributed by atoms with Crippen LogP contribution < -0.4 is 0 Å². The number of hydrogen-bond acceptors (Lipinski definition) is 5. The molecule has 0 atom stereocenters. The minimum Gasteiger partial charge on any atom is -0.258 e. The van der Waals surface area contributed by atoms with Gasteiger partial charge in [-0.15, -0.1) is 11.3 Å². The van der Waals surface area contributed by atoms with E-state index in [0.29, 0.717) is 16.3 Å². The van der Waals surface area contributed by atoms with Gasteiger partial charge >= 0.3 is 0 Å². The first kappa shape index (κ1) is 17.3. The Hall–Kier alpha value is -2.57. The van der Waals surface area contributed by atoms with Crippen LogP contribution in [-0.4, -0.2) is 9.91 Å². The molecule has 0 saturated carbocycles. The summed E-state index contributed by atoms with van der Waals surface area (Å²) in [7, 11) is 0. The van der Waals surface area contributed by atoms with Crippen LogP contribution in [0.3, 0.4) is 0 Å². The molecule has 5 nitrogen and oxygen atoms in total. The summed E-state index contributed by atoms with van der Waals surface area (Å²) >= 11 is 3.60. The summed E-state index contributed by atoms with van der Waals surface area (Å²) in [5.41, 5.74) is 2.93. The van der Waals surface area contributed by atoms with Gasteiger partial charge in [0.05, 0.1) is 16.2 Å². The number of nitrogens with zero attached hydrogens (tertiary/aromatic N) is 3. The van der Waals surface area contributed by atoms with Crippen molar-refractivity contribution in [2.75, 3.05) is 0 Å². The van der Waals surface area contributed by atoms with Gasteiger partial charge in [-0.3, -0.25) is 10.1 Å². The van der Waals surface area contributed by atoms with Crippen molar-refractivity contribution in [2.24, 2.45) is 0 Å². The Morgan fingerprint density at radius 1 is 1.20 bits per heavy atom. The molecule has 0 bridgehead atoms. The average molecular weight is 459 g/mol. The Balaban J connectivity index is 1.90. The lowest BCUT2D eigenvalue weighted by molar-refractivity contribution is -0.384. The number of non-ortho nitro benzene ring substituents is 1. The first-order chi connectivity index (χ1) is 12.1. The van der Waals surface area contributed by atoms with Gasteiger partial charge in [0.1, 0.15) is 11.1 Å². The van der Waals surface area contributed by atoms with Gasteiger partial charge < -0.3 is 0 Å². The van der Waals surface area contributed by atoms with E-state index < -0.39 is 4.92 Å². The second kappa shape index (κ2) is 7.55. The van der Waals surface area contributed by atoms with Crippen LogP contribution in [0.5, 0.6) is 0 Å². The predicted octanol–water partition coefficient (Wildman–Crippen LogP) is 5.39. The summed E-state index contributed by atoms with van der Waals surface area (Å²) in [6, 6.07) is 16.2. The molecule has 0 aliphatic carbocycles. The molecule has 0 aliphatic rings. The highest BCUT2D eigenvalue weighted by atomic mass is 127. The summed E-state index contributed by atoms with van der Waals surface area (Å²) in [6.07, 6.45) is 1.80. The Morgan fingerprint density at radius 3 is 2.48 bits per heavy atom. The standard InChI is InChI=1S/C18H10IN3O2S/c19-15-5-1-12(2-6-15)9-14(10-20)18-21-17(11-25-18)13-3-7-16(8-4-13)22(23)24/h1-9,11H. The maximum absolute atomic E-state index is 10.7. The minimum atomic E-state index is -0.437. The van der Waals surface area contributed by atoms with E-state index >= 15 is 0 Å². The highest BCUT2D eigenvalue weighted by molar-refractivity contribution is 14.1. The molecule has 3 aromatic rings. The monoisotopic (exact) mass is 459 g/mol. The lowest BCUT2D eigenvalue weighted by Gasteiger charge is -1.97. The molecule has 7 heteroatoms. The van der Waals surface area contributed by atoms with Gasteiger partial charge in [-0.2, -0.15) is 5.26 Å². The lowest BCUT2D eigenvalue weighted by atomic mass is 10.1. The Morgan fingerprint density at radius 2 is 1.88 bits per heavy atom. The van der Waals surface area contributed by atoms with Crippen LogP contribution >= 0.6 is 33.9 Å². The summed E-state index contributed by atoms with van der Waals surface area (Å²) in [6.45, 7) is 0. The molecule has 0 radical (unpaired) electrons. The molecule has 0 unspecified atom stereocenters. The highest BCUT2D eigenvalue weighted by Crippen LogP contribution is 2.28. The number of hydrogen-bond donors (Lipinski definition) is 0. The van der Waals surface area contributed by atoms with Crippen molar-refractivity contribution in [1.29, 1.82) is 5.26 Å². The normalized spacial score (nSPS) is 11.1. The van der Waals surface area contributed by atoms with Crippen LogP contribution in [0.25, 0.3) is 22.9 Å². The van der Waals surface area contributed by atoms with Crippen LogP contribution in [0.4, 0.5) is 5.69 Å². The molecular weight excluding hydrogens is 449 g/mol. The molecule has 0 saturated heterocycles. The molecule has 25 heavy (non-hydrogen) atoms. The van der Waals surface area contributed by atoms with Gasteiger partial charge in [0.25, 0.3) is 5.69 Å². The molecule has 1 heterocycles. The lowest BCUT2D eigenvalue weighted by Crippen LogP contribution is -1.87. The predicted molar refractivity (Wildman–Crippen MR) is 107 cm³/mol. The van der Waals surface area contributed by atoms with Crippen LogP contribution in [0, 0.1) is 25.0 Å². The summed E-state index contributed by atoms with van der Waals surface area (Å²) < 4.78 is 1.13. The van der Waals surface area contributed by atoms with E-state index in [9.17, 15) is 15.4 Å². The number of allylic oxidation sites excluding steroid dienone is 1. The molecule has 2 aromatic carbocycles. The van der Waals surface area contributed by atoms with E-state index in [4.69, 9.17) is 0 Å². The molecule has 0 fully saturated rings. The number of thiazole rings is 1. The first-order valence-electron chi connectivity index (χ1n) is 7.15. The fourth-order valence-corrected chi connectivity index (χ4v) is 3.31. The van der Waals surface area contributed by atoms with Gasteiger partial charge in [0.2, 0.25) is 0 Å². The zero-order valence-corrected chi connectivity index (χ0v) is 15.7. The number of rotatable bonds is 4. The zero-order valence-electron chi connectivity index (χ0n) is 12.7. The average Bonchev–Trinajstić information content (AvgIpc) is 3.11. The minimum absolute atomic E-state index is 0.0375. The van der Waals surface area contributed by atoms with Gasteiger partial charge in [-0.1, -0.05) is 12.1 Å². The van der Waals surface area contributed by atoms with Crippen molar-refractivity contribution < 1.29 is 4.92 Å². The van der Waals surface area contributed by atoms with Crippen LogP contribution in [0.2, 0.25) is 0 Å². The van der Waals surface area contributed by atoms with E-state index in [1.54, 1.807) is 18.2 Å². The molecule has 122 valence electrons. The quantitative estimate of drug-likeness (QED) is 0.227. The zero-order chi connectivity index (χ0) is 17.8. The van der Waals surface area contributed by atoms with Crippen molar-refractivity contribution in [3.8, 4) is 17.3 Å². The Kier molecular flexibility index (Phi) is 5.21. The van der Waals surface area contributed by atoms with Crippen molar-refractivity contribution in [2.45, 2.75) is 0 Å². The third kappa shape index (κ3) is 4.10. The van der Waals surface area contributed by atoms with Crippen LogP contribution in [-0.2, 0) is 0 Å². The summed E-state index contributed by atoms with van der Waals surface area (Å²) in [5, 5.41) is 22.6. The maximum Gasteiger partial charge on any atom is 0.269 e. The number of aromatic nitrogens is 1. The van der Waals surface area contributed by atoms with Crippen molar-refractivity contribution >= 4 is 51.3 Å². The SMILES string of the molecule is N#CC(=Cc1ccc(I)cc1)c1nc(-c2ccc([N+](=O)[O-])cc2)cs1. The Labute approximate surface area is 161 Å². The third-order valence-electron chi connectivity index (χ3n) is 3.41. The number of halogens is 1. The van der Waals surface area contributed by atoms with Crippen molar-refractivity contribution in [3.05, 3.63) is 78.2 Å². The fourth-order valence-electron chi connectivity index (χ4n) is 2.15. The van der Waals surface area contributed by atoms with E-state index in [-0.39, 0.29) is 5.69 Å². The van der Waals surface area contributed by atoms with Gasteiger partial charge in [-0.25, -0.2) is 4.98 Å². The number of benzene rings is 2. The molecule has 1 aromatic heterocycles. The fraction of sp³-hybridized carbons (Fsp3) is 0. The largest absolute Gasteiger partial charge is 0.269 e. The van der Waals surface area contributed by atoms with E-state index in [2.05, 4.69) is 33.6 Å². The van der Waals surface area contributed by atoms with Crippen LogP contribution in [0.1, 0.15) is 10.6 Å². The maximum atomic E-state index is 10.7. The molecule has 0 aliphatic heterocycles. The topological polar surface area (TPSA) is 79.8 Å². The van der Waals surface area contributed by atoms with Gasteiger partial charge in [0, 0.05) is 26.6 Å². The molecule has 0 spiro atoms. The van der Waals surface area contributed by atoms with Crippen molar-refractivity contribution in [1.82, 2.24) is 4.98 Å². The molecule has 0 amide bonds. The molecule has 0 N–H and O–H groups in total. The number of nitriles is 1. The number of nitro groups is 1. The second-order valence-electron chi connectivity index (χ2n) is 5.06. The summed E-state index contributed by atoms with van der Waals surface area (Å²) in [4.78, 5) is 14.8. The van der Waals surface area contributed by atoms with Gasteiger partial charge in [0.15, 0.2) is 0 Å².